The van der Waals surface area contributed by atoms with Crippen LogP contribution in [0, 0.1) is 12.3 Å². The van der Waals surface area contributed by atoms with Gasteiger partial charge in [0, 0.05) is 6.42 Å². The van der Waals surface area contributed by atoms with Gasteiger partial charge in [-0.05, 0) is 12.3 Å². The molecule has 1 unspecified atom stereocenters. The summed E-state index contributed by atoms with van der Waals surface area (Å²) in [5, 5.41) is 0. The van der Waals surface area contributed by atoms with E-state index in [2.05, 4.69) is 20.3 Å². The Morgan fingerprint density at radius 1 is 1.56 bits per heavy atom. The summed E-state index contributed by atoms with van der Waals surface area (Å²) in [6.45, 7) is 4.30. The molecule has 1 atom stereocenters. The second kappa shape index (κ2) is 5.80. The van der Waals surface area contributed by atoms with Gasteiger partial charge >= 0.3 is 0 Å². The number of hydrogen-bond acceptors (Lipinski definition) is 1. The van der Waals surface area contributed by atoms with Crippen molar-refractivity contribution in [3.63, 3.8) is 0 Å². The maximum atomic E-state index is 9.88. The highest BCUT2D eigenvalue weighted by molar-refractivity contribution is 5.51. The first-order chi connectivity index (χ1) is 4.31. The van der Waals surface area contributed by atoms with Crippen molar-refractivity contribution >= 4 is 6.29 Å². The van der Waals surface area contributed by atoms with Crippen LogP contribution in [0.4, 0.5) is 0 Å². The minimum absolute atomic E-state index is 0.611. The Hall–Kier alpha value is -0.330. The third-order valence-electron chi connectivity index (χ3n) is 1.38. The molecule has 0 aliphatic heterocycles. The third-order valence-corrected chi connectivity index (χ3v) is 1.38. The van der Waals surface area contributed by atoms with E-state index >= 15 is 0 Å². The average Bonchev–Trinajstić information content (AvgIpc) is 1.85. The second-order valence-electron chi connectivity index (χ2n) is 2.40. The minimum Gasteiger partial charge on any atom is -0.303 e. The first kappa shape index (κ1) is 8.67. The Bertz CT molecular complexity index is 69.0. The molecule has 9 heavy (non-hydrogen) atoms. The van der Waals surface area contributed by atoms with Crippen LogP contribution in [0.25, 0.3) is 0 Å². The van der Waals surface area contributed by atoms with Gasteiger partial charge in [0.15, 0.2) is 0 Å². The van der Waals surface area contributed by atoms with Crippen molar-refractivity contribution in [2.45, 2.75) is 33.1 Å². The smallest absolute Gasteiger partial charge is 0.120 e. The lowest BCUT2D eigenvalue weighted by atomic mass is 10.0. The topological polar surface area (TPSA) is 17.1 Å². The molecule has 53 valence electrons. The van der Waals surface area contributed by atoms with E-state index in [0.717, 1.165) is 6.29 Å². The summed E-state index contributed by atoms with van der Waals surface area (Å²) in [5.41, 5.74) is 0. The fourth-order valence-electron chi connectivity index (χ4n) is 0.861. The van der Waals surface area contributed by atoms with E-state index in [1.54, 1.807) is 0 Å². The molecular formula is C8H15O. The maximum absolute atomic E-state index is 9.88. The summed E-state index contributed by atoms with van der Waals surface area (Å²) < 4.78 is 0. The summed E-state index contributed by atoms with van der Waals surface area (Å²) >= 11 is 0. The summed E-state index contributed by atoms with van der Waals surface area (Å²) in [7, 11) is 0. The molecule has 0 saturated heterocycles. The van der Waals surface area contributed by atoms with Crippen LogP contribution >= 0.6 is 0 Å². The zero-order valence-corrected chi connectivity index (χ0v) is 6.26. The van der Waals surface area contributed by atoms with Crippen molar-refractivity contribution in [2.24, 2.45) is 5.92 Å². The fraction of sp³-hybridized carbons (Fsp3) is 0.750. The van der Waals surface area contributed by atoms with Gasteiger partial charge in [-0.15, -0.1) is 0 Å². The Balaban J connectivity index is 3.04. The molecule has 0 bridgehead atoms. The molecule has 0 rings (SSSR count). The van der Waals surface area contributed by atoms with Crippen LogP contribution in [0.3, 0.4) is 0 Å². The van der Waals surface area contributed by atoms with E-state index in [4.69, 9.17) is 0 Å². The van der Waals surface area contributed by atoms with Crippen LogP contribution in [0.15, 0.2) is 0 Å². The third kappa shape index (κ3) is 5.54. The van der Waals surface area contributed by atoms with Crippen molar-refractivity contribution in [2.75, 3.05) is 0 Å². The Kier molecular flexibility index (Phi) is 5.59. The van der Waals surface area contributed by atoms with Crippen LogP contribution in [-0.4, -0.2) is 6.29 Å². The molecule has 0 aromatic carbocycles. The van der Waals surface area contributed by atoms with Gasteiger partial charge in [-0.1, -0.05) is 26.7 Å². The largest absolute Gasteiger partial charge is 0.303 e. The monoisotopic (exact) mass is 127 g/mol. The molecule has 0 amide bonds. The van der Waals surface area contributed by atoms with Crippen molar-refractivity contribution in [3.8, 4) is 0 Å². The van der Waals surface area contributed by atoms with E-state index in [1.165, 1.54) is 12.8 Å². The number of carbonyl (C=O) groups excluding carboxylic acids is 1. The average molecular weight is 127 g/mol. The van der Waals surface area contributed by atoms with Crippen LogP contribution in [-0.2, 0) is 4.79 Å². The first-order valence-electron chi connectivity index (χ1n) is 3.58. The van der Waals surface area contributed by atoms with E-state index in [-0.39, 0.29) is 0 Å². The molecule has 0 aliphatic rings. The zero-order chi connectivity index (χ0) is 7.11. The molecule has 1 radical (unpaired) electrons. The molecule has 1 nitrogen and oxygen atoms in total. The lowest BCUT2D eigenvalue weighted by Gasteiger charge is -2.04. The predicted octanol–water partition coefficient (Wildman–Crippen LogP) is 2.22. The molecule has 0 aliphatic carbocycles. The van der Waals surface area contributed by atoms with E-state index in [9.17, 15) is 4.79 Å². The number of aldehydes is 1. The van der Waals surface area contributed by atoms with Gasteiger partial charge in [0.05, 0.1) is 0 Å². The Morgan fingerprint density at radius 2 is 2.22 bits per heavy atom. The standard InChI is InChI=1S/C8H15O/c1-3-5-8(2)6-4-7-9/h6-8H,3-5H2,1-2H3. The summed E-state index contributed by atoms with van der Waals surface area (Å²) in [6.07, 6.45) is 6.04. The van der Waals surface area contributed by atoms with E-state index < -0.39 is 0 Å². The normalized spacial score (nSPS) is 13.1. The summed E-state index contributed by atoms with van der Waals surface area (Å²) in [4.78, 5) is 9.88. The molecule has 0 aromatic heterocycles. The first-order valence-corrected chi connectivity index (χ1v) is 3.58. The van der Waals surface area contributed by atoms with Crippen LogP contribution in [0.2, 0.25) is 0 Å². The van der Waals surface area contributed by atoms with Crippen molar-refractivity contribution in [1.29, 1.82) is 0 Å². The molecule has 0 fully saturated rings. The van der Waals surface area contributed by atoms with Crippen LogP contribution < -0.4 is 0 Å². The van der Waals surface area contributed by atoms with E-state index in [0.29, 0.717) is 12.3 Å². The van der Waals surface area contributed by atoms with Crippen molar-refractivity contribution in [1.82, 2.24) is 0 Å². The number of carbonyl (C=O) groups is 1. The van der Waals surface area contributed by atoms with Gasteiger partial charge < -0.3 is 4.79 Å². The second-order valence-corrected chi connectivity index (χ2v) is 2.40. The fourth-order valence-corrected chi connectivity index (χ4v) is 0.861. The molecule has 0 spiro atoms. The van der Waals surface area contributed by atoms with Gasteiger partial charge in [-0.3, -0.25) is 0 Å². The SMILES string of the molecule is CCCC(C)[CH]CC=O. The molecule has 0 N–H and O–H groups in total. The zero-order valence-electron chi connectivity index (χ0n) is 6.26. The maximum Gasteiger partial charge on any atom is 0.120 e. The van der Waals surface area contributed by atoms with Crippen molar-refractivity contribution in [3.05, 3.63) is 6.42 Å². The highest BCUT2D eigenvalue weighted by Gasteiger charge is 1.98. The predicted molar refractivity (Wildman–Crippen MR) is 39.1 cm³/mol. The van der Waals surface area contributed by atoms with Gasteiger partial charge in [0.25, 0.3) is 0 Å². The Morgan fingerprint density at radius 3 is 2.67 bits per heavy atom. The molecule has 0 heterocycles. The molecule has 0 aromatic rings. The molecule has 0 saturated carbocycles. The van der Waals surface area contributed by atoms with Gasteiger partial charge in [0.1, 0.15) is 6.29 Å². The number of hydrogen-bond donors (Lipinski definition) is 0. The summed E-state index contributed by atoms with van der Waals surface area (Å²) in [6, 6.07) is 0. The lowest BCUT2D eigenvalue weighted by Crippen LogP contribution is -1.94. The van der Waals surface area contributed by atoms with Gasteiger partial charge in [-0.25, -0.2) is 0 Å². The van der Waals surface area contributed by atoms with Crippen LogP contribution in [0.5, 0.6) is 0 Å². The minimum atomic E-state index is 0.611. The lowest BCUT2D eigenvalue weighted by molar-refractivity contribution is -0.107. The molecule has 1 heteroatoms. The van der Waals surface area contributed by atoms with Crippen LogP contribution in [0.1, 0.15) is 33.1 Å². The van der Waals surface area contributed by atoms with Gasteiger partial charge in [0.2, 0.25) is 0 Å². The number of rotatable bonds is 5. The quantitative estimate of drug-likeness (QED) is 0.517. The highest BCUT2D eigenvalue weighted by Crippen LogP contribution is 2.09. The van der Waals surface area contributed by atoms with Gasteiger partial charge in [-0.2, -0.15) is 0 Å². The Labute approximate surface area is 57.5 Å². The highest BCUT2D eigenvalue weighted by atomic mass is 16.1. The van der Waals surface area contributed by atoms with Crippen molar-refractivity contribution < 1.29 is 4.79 Å². The van der Waals surface area contributed by atoms with E-state index in [1.807, 2.05) is 0 Å². The molecular weight excluding hydrogens is 112 g/mol. The summed E-state index contributed by atoms with van der Waals surface area (Å²) in [5.74, 6) is 0.611.